The van der Waals surface area contributed by atoms with Crippen molar-refractivity contribution in [3.63, 3.8) is 0 Å². The van der Waals surface area contributed by atoms with Crippen molar-refractivity contribution in [3.05, 3.63) is 52.8 Å². The van der Waals surface area contributed by atoms with Crippen LogP contribution in [0.4, 0.5) is 0 Å². The fraction of sp³-hybridized carbons (Fsp3) is 0.143. The highest BCUT2D eigenvalue weighted by Crippen LogP contribution is 2.43. The van der Waals surface area contributed by atoms with Crippen LogP contribution in [0.15, 0.2) is 57.3 Å². The second kappa shape index (κ2) is 6.24. The van der Waals surface area contributed by atoms with Crippen LogP contribution in [-0.4, -0.2) is 25.8 Å². The van der Waals surface area contributed by atoms with Gasteiger partial charge in [0.1, 0.15) is 7.11 Å². The van der Waals surface area contributed by atoms with Crippen LogP contribution in [0.5, 0.6) is 0 Å². The van der Waals surface area contributed by atoms with Gasteiger partial charge in [-0.1, -0.05) is 35.5 Å². The van der Waals surface area contributed by atoms with Gasteiger partial charge in [0.05, 0.1) is 0 Å². The Morgan fingerprint density at radius 3 is 2.58 bits per heavy atom. The Labute approximate surface area is 115 Å². The van der Waals surface area contributed by atoms with Gasteiger partial charge in [-0.2, -0.15) is 10.9 Å². The first kappa shape index (κ1) is 13.4. The lowest BCUT2D eigenvalue weighted by atomic mass is 10.1. The van der Waals surface area contributed by atoms with Crippen LogP contribution in [0.25, 0.3) is 0 Å². The Morgan fingerprint density at radius 2 is 1.95 bits per heavy atom. The normalized spacial score (nSPS) is 15.7. The first-order valence-corrected chi connectivity index (χ1v) is 7.32. The zero-order chi connectivity index (χ0) is 13.7. The monoisotopic (exact) mass is 276 g/mol. The maximum atomic E-state index is 11.9. The maximum Gasteiger partial charge on any atom is 0.273 e. The Morgan fingerprint density at radius 1 is 1.26 bits per heavy atom. The van der Waals surface area contributed by atoms with E-state index in [-0.39, 0.29) is 5.91 Å². The van der Waals surface area contributed by atoms with Crippen molar-refractivity contribution in [1.82, 2.24) is 5.32 Å². The number of likely N-dealkylation sites (N-methyl/N-ethyl adjacent to an activating group) is 1. The molecule has 2 rings (SSSR count). The summed E-state index contributed by atoms with van der Waals surface area (Å²) >= 11 is 0. The molecule has 0 saturated heterocycles. The van der Waals surface area contributed by atoms with Gasteiger partial charge in [-0.3, -0.25) is 4.79 Å². The lowest BCUT2D eigenvalue weighted by molar-refractivity contribution is -0.114. The van der Waals surface area contributed by atoms with E-state index in [1.165, 1.54) is 7.11 Å². The molecule has 0 spiro atoms. The number of benzene rings is 1. The number of nitrogens with zero attached hydrogens (tertiary/aromatic N) is 1. The summed E-state index contributed by atoms with van der Waals surface area (Å²) in [5.74, 6) is -0.253. The van der Waals surface area contributed by atoms with E-state index in [2.05, 4.69) is 21.3 Å². The van der Waals surface area contributed by atoms with Crippen LogP contribution in [0.3, 0.4) is 0 Å². The summed E-state index contributed by atoms with van der Waals surface area (Å²) < 4.78 is 0. The van der Waals surface area contributed by atoms with Crippen LogP contribution < -0.4 is 5.32 Å². The minimum Gasteiger partial charge on any atom is -0.398 e. The van der Waals surface area contributed by atoms with Gasteiger partial charge >= 0.3 is 0 Å². The highest BCUT2D eigenvalue weighted by Gasteiger charge is 2.19. The molecular formula is C14H16N2O2S. The molecule has 1 aromatic carbocycles. The fourth-order valence-electron chi connectivity index (χ4n) is 1.82. The van der Waals surface area contributed by atoms with E-state index in [0.29, 0.717) is 5.71 Å². The summed E-state index contributed by atoms with van der Waals surface area (Å²) in [5.41, 5.74) is 1.11. The van der Waals surface area contributed by atoms with Crippen molar-refractivity contribution < 1.29 is 9.63 Å². The van der Waals surface area contributed by atoms with E-state index in [0.717, 1.165) is 10.5 Å². The lowest BCUT2D eigenvalue weighted by Gasteiger charge is -2.16. The molecule has 0 unspecified atom stereocenters. The van der Waals surface area contributed by atoms with Crippen molar-refractivity contribution >= 4 is 22.5 Å². The average Bonchev–Trinajstić information content (AvgIpc) is 2.98. The number of hydrogen-bond donors (Lipinski definition) is 2. The van der Waals surface area contributed by atoms with E-state index >= 15 is 0 Å². The van der Waals surface area contributed by atoms with Gasteiger partial charge in [0.25, 0.3) is 5.91 Å². The van der Waals surface area contributed by atoms with Crippen molar-refractivity contribution in [3.8, 4) is 0 Å². The SMILES string of the molecule is CNC(=O)C(=NOC)c1ccccc1[SH]1C=CC=C1. The van der Waals surface area contributed by atoms with Crippen LogP contribution in [0.1, 0.15) is 5.56 Å². The van der Waals surface area contributed by atoms with Gasteiger partial charge in [-0.15, -0.1) is 0 Å². The van der Waals surface area contributed by atoms with Crippen molar-refractivity contribution in [2.24, 2.45) is 5.16 Å². The van der Waals surface area contributed by atoms with Crippen LogP contribution in [0.2, 0.25) is 0 Å². The standard InChI is InChI=1S/C14H16N2O2S/c1-15-14(17)13(16-18-2)11-7-3-4-8-12(11)19-9-5-6-10-19/h3-10,19H,1-2H3,(H,15,17). The molecule has 100 valence electrons. The topological polar surface area (TPSA) is 50.7 Å². The molecule has 0 saturated carbocycles. The van der Waals surface area contributed by atoms with E-state index in [1.807, 2.05) is 36.4 Å². The number of rotatable bonds is 4. The largest absolute Gasteiger partial charge is 0.398 e. The molecule has 1 N–H and O–H groups in total. The van der Waals surface area contributed by atoms with E-state index in [4.69, 9.17) is 4.84 Å². The molecule has 1 aliphatic heterocycles. The number of carbonyl (C=O) groups is 1. The highest BCUT2D eigenvalue weighted by molar-refractivity contribution is 8.22. The van der Waals surface area contributed by atoms with Gasteiger partial charge < -0.3 is 10.2 Å². The van der Waals surface area contributed by atoms with Gasteiger partial charge in [-0.25, -0.2) is 0 Å². The van der Waals surface area contributed by atoms with Gasteiger partial charge in [0, 0.05) is 17.5 Å². The first-order valence-electron chi connectivity index (χ1n) is 5.84. The number of carbonyl (C=O) groups excluding carboxylic acids is 1. The molecule has 1 aromatic rings. The molecule has 1 aliphatic rings. The number of amides is 1. The van der Waals surface area contributed by atoms with Gasteiger partial charge in [-0.05, 0) is 16.9 Å². The molecule has 4 nitrogen and oxygen atoms in total. The third-order valence-corrected chi connectivity index (χ3v) is 4.60. The minimum absolute atomic E-state index is 0.253. The second-order valence-electron chi connectivity index (χ2n) is 3.81. The zero-order valence-corrected chi connectivity index (χ0v) is 11.7. The number of oxime groups is 1. The summed E-state index contributed by atoms with van der Waals surface area (Å²) in [6.07, 6.45) is 4.05. The van der Waals surface area contributed by atoms with Gasteiger partial charge in [0.15, 0.2) is 5.71 Å². The molecule has 0 radical (unpaired) electrons. The first-order chi connectivity index (χ1) is 9.27. The summed E-state index contributed by atoms with van der Waals surface area (Å²) in [6.45, 7) is 0. The molecule has 5 heteroatoms. The van der Waals surface area contributed by atoms with Crippen molar-refractivity contribution in [2.45, 2.75) is 4.90 Å². The third kappa shape index (κ3) is 2.88. The summed E-state index contributed by atoms with van der Waals surface area (Å²) in [7, 11) is 2.51. The molecular weight excluding hydrogens is 260 g/mol. The zero-order valence-electron chi connectivity index (χ0n) is 10.8. The smallest absolute Gasteiger partial charge is 0.273 e. The summed E-state index contributed by atoms with van der Waals surface area (Å²) in [4.78, 5) is 17.8. The van der Waals surface area contributed by atoms with Crippen LogP contribution >= 0.6 is 10.9 Å². The Hall–Kier alpha value is -2.01. The predicted octanol–water partition coefficient (Wildman–Crippen LogP) is 2.18. The fourth-order valence-corrected chi connectivity index (χ4v) is 3.52. The maximum absolute atomic E-state index is 11.9. The van der Waals surface area contributed by atoms with Crippen molar-refractivity contribution in [2.75, 3.05) is 14.2 Å². The second-order valence-corrected chi connectivity index (χ2v) is 5.70. The molecule has 0 aromatic heterocycles. The highest BCUT2D eigenvalue weighted by atomic mass is 32.2. The number of thiol groups is 1. The van der Waals surface area contributed by atoms with Gasteiger partial charge in [0.2, 0.25) is 0 Å². The molecule has 0 aliphatic carbocycles. The lowest BCUT2D eigenvalue weighted by Crippen LogP contribution is -2.29. The summed E-state index contributed by atoms with van der Waals surface area (Å²) in [6, 6.07) is 7.78. The van der Waals surface area contributed by atoms with E-state index in [1.54, 1.807) is 7.05 Å². The van der Waals surface area contributed by atoms with Crippen molar-refractivity contribution in [1.29, 1.82) is 0 Å². The predicted molar refractivity (Wildman–Crippen MR) is 79.6 cm³/mol. The number of nitrogens with one attached hydrogen (secondary N) is 1. The average molecular weight is 276 g/mol. The quantitative estimate of drug-likeness (QED) is 0.503. The Balaban J connectivity index is 2.48. The van der Waals surface area contributed by atoms with E-state index < -0.39 is 10.9 Å². The molecule has 1 heterocycles. The van der Waals surface area contributed by atoms with E-state index in [9.17, 15) is 4.79 Å². The Bertz CT molecular complexity index is 552. The number of hydrogen-bond acceptors (Lipinski definition) is 3. The van der Waals surface area contributed by atoms with Crippen LogP contribution in [0, 0.1) is 0 Å². The third-order valence-electron chi connectivity index (χ3n) is 2.67. The van der Waals surface area contributed by atoms with Crippen LogP contribution in [-0.2, 0) is 9.63 Å². The molecule has 0 fully saturated rings. The molecule has 1 amide bonds. The number of allylic oxidation sites excluding steroid dienone is 2. The Kier molecular flexibility index (Phi) is 4.41. The molecule has 19 heavy (non-hydrogen) atoms. The summed E-state index contributed by atoms with van der Waals surface area (Å²) in [5, 5.41) is 10.7. The molecule has 0 atom stereocenters. The minimum atomic E-state index is -0.511. The molecule has 0 bridgehead atoms.